The fraction of sp³-hybridized carbons (Fsp3) is 1.00. The summed E-state index contributed by atoms with van der Waals surface area (Å²) in [5.74, 6) is 0.858. The molecule has 3 unspecified atom stereocenters. The van der Waals surface area contributed by atoms with Gasteiger partial charge in [0.05, 0.1) is 0 Å². The van der Waals surface area contributed by atoms with Gasteiger partial charge in [-0.15, -0.1) is 0 Å². The first-order valence-corrected chi connectivity index (χ1v) is 5.22. The molecular formula is C11H21N. The van der Waals surface area contributed by atoms with Gasteiger partial charge >= 0.3 is 0 Å². The third kappa shape index (κ3) is 1.10. The minimum atomic E-state index is 0.531. The van der Waals surface area contributed by atoms with Crippen LogP contribution in [0.15, 0.2) is 0 Å². The van der Waals surface area contributed by atoms with Crippen LogP contribution in [0.25, 0.3) is 0 Å². The molecule has 2 saturated carbocycles. The molecule has 0 heterocycles. The Labute approximate surface area is 75.7 Å². The van der Waals surface area contributed by atoms with E-state index in [2.05, 4.69) is 20.8 Å². The van der Waals surface area contributed by atoms with Crippen molar-refractivity contribution in [2.75, 3.05) is 0 Å². The number of nitrogens with two attached hydrogens (primary N) is 1. The van der Waals surface area contributed by atoms with Gasteiger partial charge in [0.2, 0.25) is 0 Å². The van der Waals surface area contributed by atoms with Gasteiger partial charge in [-0.25, -0.2) is 0 Å². The predicted molar refractivity (Wildman–Crippen MR) is 51.8 cm³/mol. The molecule has 0 saturated heterocycles. The fourth-order valence-corrected chi connectivity index (χ4v) is 3.16. The summed E-state index contributed by atoms with van der Waals surface area (Å²) in [5.41, 5.74) is 7.17. The molecule has 0 amide bonds. The molecule has 1 nitrogen and oxygen atoms in total. The van der Waals surface area contributed by atoms with Crippen LogP contribution in [0.3, 0.4) is 0 Å². The quantitative estimate of drug-likeness (QED) is 0.589. The fourth-order valence-electron chi connectivity index (χ4n) is 3.16. The molecule has 2 aliphatic rings. The molecule has 2 rings (SSSR count). The first-order valence-electron chi connectivity index (χ1n) is 5.22. The largest absolute Gasteiger partial charge is 0.327 e. The third-order valence-electron chi connectivity index (χ3n) is 4.29. The highest BCUT2D eigenvalue weighted by atomic mass is 14.8. The molecule has 0 aromatic rings. The Morgan fingerprint density at radius 3 is 2.17 bits per heavy atom. The van der Waals surface area contributed by atoms with Crippen LogP contribution in [-0.2, 0) is 0 Å². The lowest BCUT2D eigenvalue weighted by Gasteiger charge is -2.40. The zero-order chi connectivity index (χ0) is 8.98. The summed E-state index contributed by atoms with van der Waals surface area (Å²) >= 11 is 0. The Morgan fingerprint density at radius 1 is 1.17 bits per heavy atom. The zero-order valence-electron chi connectivity index (χ0n) is 8.56. The molecule has 70 valence electrons. The molecule has 0 bridgehead atoms. The Morgan fingerprint density at radius 2 is 1.75 bits per heavy atom. The van der Waals surface area contributed by atoms with Gasteiger partial charge in [-0.3, -0.25) is 0 Å². The molecule has 1 spiro atoms. The Bertz CT molecular complexity index is 197. The molecule has 12 heavy (non-hydrogen) atoms. The summed E-state index contributed by atoms with van der Waals surface area (Å²) < 4.78 is 0. The van der Waals surface area contributed by atoms with E-state index in [4.69, 9.17) is 5.73 Å². The van der Waals surface area contributed by atoms with Crippen LogP contribution in [0.2, 0.25) is 0 Å². The molecule has 2 N–H and O–H groups in total. The third-order valence-corrected chi connectivity index (χ3v) is 4.29. The Hall–Kier alpha value is -0.0400. The van der Waals surface area contributed by atoms with E-state index in [0.717, 1.165) is 5.92 Å². The van der Waals surface area contributed by atoms with E-state index in [-0.39, 0.29) is 0 Å². The molecular weight excluding hydrogens is 146 g/mol. The molecule has 0 aromatic heterocycles. The second kappa shape index (κ2) is 2.25. The lowest BCUT2D eigenvalue weighted by Crippen LogP contribution is -2.33. The van der Waals surface area contributed by atoms with Gasteiger partial charge in [-0.1, -0.05) is 20.8 Å². The van der Waals surface area contributed by atoms with Crippen LogP contribution in [0.4, 0.5) is 0 Å². The van der Waals surface area contributed by atoms with E-state index in [0.29, 0.717) is 16.9 Å². The summed E-state index contributed by atoms with van der Waals surface area (Å²) in [6.07, 6.45) is 5.43. The van der Waals surface area contributed by atoms with Crippen LogP contribution in [-0.4, -0.2) is 6.04 Å². The number of rotatable bonds is 0. The van der Waals surface area contributed by atoms with E-state index in [1.165, 1.54) is 25.7 Å². The van der Waals surface area contributed by atoms with Gasteiger partial charge in [-0.05, 0) is 42.4 Å². The maximum atomic E-state index is 6.01. The average Bonchev–Trinajstić information content (AvgIpc) is 2.56. The van der Waals surface area contributed by atoms with Crippen LogP contribution < -0.4 is 5.73 Å². The van der Waals surface area contributed by atoms with Gasteiger partial charge < -0.3 is 5.73 Å². The molecule has 2 aliphatic carbocycles. The lowest BCUT2D eigenvalue weighted by molar-refractivity contribution is 0.109. The summed E-state index contributed by atoms with van der Waals surface area (Å²) in [6.45, 7) is 7.18. The minimum absolute atomic E-state index is 0.531. The second-order valence-electron chi connectivity index (χ2n) is 5.81. The van der Waals surface area contributed by atoms with Crippen LogP contribution >= 0.6 is 0 Å². The van der Waals surface area contributed by atoms with Gasteiger partial charge in [-0.2, -0.15) is 0 Å². The van der Waals surface area contributed by atoms with Crippen molar-refractivity contribution >= 4 is 0 Å². The molecule has 3 atom stereocenters. The van der Waals surface area contributed by atoms with Crippen molar-refractivity contribution in [3.8, 4) is 0 Å². The summed E-state index contributed by atoms with van der Waals surface area (Å²) in [6, 6.07) is 0.531. The van der Waals surface area contributed by atoms with Gasteiger partial charge in [0.1, 0.15) is 0 Å². The highest BCUT2D eigenvalue weighted by molar-refractivity contribution is 5.11. The standard InChI is InChI=1S/C11H21N/c1-8-6-10(2,3)4-5-11(8)7-9(11)12/h8-9H,4-7,12H2,1-3H3. The molecule has 2 fully saturated rings. The predicted octanol–water partition coefficient (Wildman–Crippen LogP) is 2.55. The maximum Gasteiger partial charge on any atom is 0.0105 e. The monoisotopic (exact) mass is 167 g/mol. The van der Waals surface area contributed by atoms with E-state index in [1.54, 1.807) is 0 Å². The van der Waals surface area contributed by atoms with Crippen molar-refractivity contribution in [3.63, 3.8) is 0 Å². The topological polar surface area (TPSA) is 26.0 Å². The van der Waals surface area contributed by atoms with Crippen molar-refractivity contribution < 1.29 is 0 Å². The first kappa shape index (κ1) is 8.55. The van der Waals surface area contributed by atoms with Crippen molar-refractivity contribution in [3.05, 3.63) is 0 Å². The van der Waals surface area contributed by atoms with Gasteiger partial charge in [0.15, 0.2) is 0 Å². The molecule has 0 radical (unpaired) electrons. The zero-order valence-corrected chi connectivity index (χ0v) is 8.56. The summed E-state index contributed by atoms with van der Waals surface area (Å²) in [5, 5.41) is 0. The Balaban J connectivity index is 2.07. The van der Waals surface area contributed by atoms with Crippen molar-refractivity contribution in [1.82, 2.24) is 0 Å². The van der Waals surface area contributed by atoms with E-state index >= 15 is 0 Å². The van der Waals surface area contributed by atoms with Gasteiger partial charge in [0, 0.05) is 6.04 Å². The smallest absolute Gasteiger partial charge is 0.0105 e. The maximum absolute atomic E-state index is 6.01. The van der Waals surface area contributed by atoms with Crippen LogP contribution in [0, 0.1) is 16.7 Å². The van der Waals surface area contributed by atoms with Crippen LogP contribution in [0.1, 0.15) is 46.5 Å². The summed E-state index contributed by atoms with van der Waals surface area (Å²) in [4.78, 5) is 0. The molecule has 0 aliphatic heterocycles. The van der Waals surface area contributed by atoms with E-state index < -0.39 is 0 Å². The summed E-state index contributed by atoms with van der Waals surface area (Å²) in [7, 11) is 0. The Kier molecular flexibility index (Phi) is 1.61. The highest BCUT2D eigenvalue weighted by Crippen LogP contribution is 2.61. The number of hydrogen-bond donors (Lipinski definition) is 1. The first-order chi connectivity index (χ1) is 5.46. The van der Waals surface area contributed by atoms with Crippen molar-refractivity contribution in [2.45, 2.75) is 52.5 Å². The second-order valence-corrected chi connectivity index (χ2v) is 5.81. The lowest BCUT2D eigenvalue weighted by atomic mass is 9.65. The molecule has 1 heteroatoms. The van der Waals surface area contributed by atoms with Crippen molar-refractivity contribution in [1.29, 1.82) is 0 Å². The molecule has 0 aromatic carbocycles. The average molecular weight is 167 g/mol. The van der Waals surface area contributed by atoms with Crippen LogP contribution in [0.5, 0.6) is 0 Å². The highest BCUT2D eigenvalue weighted by Gasteiger charge is 2.57. The minimum Gasteiger partial charge on any atom is -0.327 e. The van der Waals surface area contributed by atoms with E-state index in [9.17, 15) is 0 Å². The van der Waals surface area contributed by atoms with E-state index in [1.807, 2.05) is 0 Å². The van der Waals surface area contributed by atoms with Gasteiger partial charge in [0.25, 0.3) is 0 Å². The van der Waals surface area contributed by atoms with Crippen molar-refractivity contribution in [2.24, 2.45) is 22.5 Å². The normalized spacial score (nSPS) is 51.0. The SMILES string of the molecule is CC1CC(C)(C)CCC12CC2N. The number of hydrogen-bond acceptors (Lipinski definition) is 1.